The van der Waals surface area contributed by atoms with Crippen LogP contribution < -0.4 is 0 Å². The maximum Gasteiger partial charge on any atom is 0.262 e. The molecule has 2 amide bonds. The molecule has 3 aromatic rings. The van der Waals surface area contributed by atoms with Gasteiger partial charge in [-0.25, -0.2) is 9.37 Å². The molecule has 0 N–H and O–H groups in total. The van der Waals surface area contributed by atoms with Crippen molar-refractivity contribution in [3.63, 3.8) is 0 Å². The summed E-state index contributed by atoms with van der Waals surface area (Å²) < 4.78 is 13.6. The Morgan fingerprint density at radius 3 is 2.33 bits per heavy atom. The van der Waals surface area contributed by atoms with E-state index in [0.717, 1.165) is 10.9 Å². The Kier molecular flexibility index (Phi) is 4.07. The largest absolute Gasteiger partial charge is 0.269 e. The fourth-order valence-corrected chi connectivity index (χ4v) is 3.50. The van der Waals surface area contributed by atoms with Crippen molar-refractivity contribution in [2.24, 2.45) is 0 Å². The quantitative estimate of drug-likeness (QED) is 0.633. The topological polar surface area (TPSA) is 50.3 Å². The molecule has 4 rings (SSSR count). The van der Waals surface area contributed by atoms with Gasteiger partial charge in [-0.15, -0.1) is 0 Å². The molecule has 2 aromatic carbocycles. The molecular weight excluding hydrogens is 343 g/mol. The third-order valence-corrected chi connectivity index (χ3v) is 4.83. The minimum atomic E-state index is -0.509. The molecule has 2 heterocycles. The van der Waals surface area contributed by atoms with Crippen LogP contribution in [-0.4, -0.2) is 21.7 Å². The van der Waals surface area contributed by atoms with E-state index in [9.17, 15) is 14.0 Å². The Morgan fingerprint density at radius 2 is 1.70 bits per heavy atom. The van der Waals surface area contributed by atoms with Crippen LogP contribution in [0.2, 0.25) is 0 Å². The first-order chi connectivity index (χ1) is 13.0. The van der Waals surface area contributed by atoms with Crippen molar-refractivity contribution in [1.29, 1.82) is 0 Å². The van der Waals surface area contributed by atoms with E-state index >= 15 is 0 Å². The van der Waals surface area contributed by atoms with Crippen LogP contribution in [0.4, 0.5) is 4.39 Å². The number of rotatable bonds is 3. The monoisotopic (exact) mass is 360 g/mol. The molecule has 1 atom stereocenters. The van der Waals surface area contributed by atoms with E-state index in [4.69, 9.17) is 0 Å². The molecule has 1 aromatic heterocycles. The lowest BCUT2D eigenvalue weighted by atomic mass is 10.0. The summed E-state index contributed by atoms with van der Waals surface area (Å²) in [6, 6.07) is 12.6. The molecule has 27 heavy (non-hydrogen) atoms. The Morgan fingerprint density at radius 1 is 1.04 bits per heavy atom. The number of carbonyl (C=O) groups excluding carboxylic acids is 2. The zero-order valence-corrected chi connectivity index (χ0v) is 14.9. The second-order valence-electron chi connectivity index (χ2n) is 6.50. The van der Waals surface area contributed by atoms with E-state index in [1.54, 1.807) is 43.3 Å². The molecule has 4 nitrogen and oxygen atoms in total. The highest BCUT2D eigenvalue weighted by Gasteiger charge is 2.39. The second kappa shape index (κ2) is 6.43. The van der Waals surface area contributed by atoms with Gasteiger partial charge in [0.1, 0.15) is 5.82 Å². The molecule has 1 aliphatic rings. The van der Waals surface area contributed by atoms with Gasteiger partial charge < -0.3 is 0 Å². The molecule has 0 fully saturated rings. The van der Waals surface area contributed by atoms with Gasteiger partial charge in [-0.3, -0.25) is 14.5 Å². The van der Waals surface area contributed by atoms with E-state index in [1.807, 2.05) is 19.1 Å². The zero-order valence-electron chi connectivity index (χ0n) is 14.9. The Hall–Kier alpha value is -3.34. The maximum absolute atomic E-state index is 13.6. The summed E-state index contributed by atoms with van der Waals surface area (Å²) in [6.07, 6.45) is 3.63. The molecular formula is C22H17FN2O2. The van der Waals surface area contributed by atoms with Crippen LogP contribution >= 0.6 is 0 Å². The molecule has 0 spiro atoms. The SMILES string of the molecule is C/C=C\c1nc2cc(F)ccc2cc1C(C)N1C(=O)c2ccccc2C1=O. The van der Waals surface area contributed by atoms with Gasteiger partial charge in [0.15, 0.2) is 0 Å². The van der Waals surface area contributed by atoms with Crippen molar-refractivity contribution in [1.82, 2.24) is 9.88 Å². The molecule has 0 saturated carbocycles. The predicted octanol–water partition coefficient (Wildman–Crippen LogP) is 4.76. The van der Waals surface area contributed by atoms with Crippen molar-refractivity contribution in [3.8, 4) is 0 Å². The van der Waals surface area contributed by atoms with Gasteiger partial charge in [0.05, 0.1) is 28.4 Å². The van der Waals surface area contributed by atoms with Crippen LogP contribution in [0.5, 0.6) is 0 Å². The number of aromatic nitrogens is 1. The van der Waals surface area contributed by atoms with Gasteiger partial charge in [0.2, 0.25) is 0 Å². The molecule has 5 heteroatoms. The van der Waals surface area contributed by atoms with E-state index in [-0.39, 0.29) is 17.6 Å². The van der Waals surface area contributed by atoms with Crippen molar-refractivity contribution >= 4 is 28.8 Å². The summed E-state index contributed by atoms with van der Waals surface area (Å²) in [5.74, 6) is -0.981. The number of fused-ring (bicyclic) bond motifs is 2. The van der Waals surface area contributed by atoms with Crippen LogP contribution in [0.1, 0.15) is 51.9 Å². The lowest BCUT2D eigenvalue weighted by Gasteiger charge is -2.24. The smallest absolute Gasteiger partial charge is 0.262 e. The van der Waals surface area contributed by atoms with E-state index < -0.39 is 6.04 Å². The van der Waals surface area contributed by atoms with Crippen molar-refractivity contribution in [2.45, 2.75) is 19.9 Å². The first kappa shape index (κ1) is 17.1. The summed E-state index contributed by atoms with van der Waals surface area (Å²) in [7, 11) is 0. The lowest BCUT2D eigenvalue weighted by Crippen LogP contribution is -2.33. The number of halogens is 1. The number of nitrogens with zero attached hydrogens (tertiary/aromatic N) is 2. The molecule has 1 unspecified atom stereocenters. The van der Waals surface area contributed by atoms with Gasteiger partial charge in [-0.1, -0.05) is 18.2 Å². The van der Waals surface area contributed by atoms with Crippen molar-refractivity contribution < 1.29 is 14.0 Å². The Balaban J connectivity index is 1.84. The lowest BCUT2D eigenvalue weighted by molar-refractivity contribution is 0.0595. The fourth-order valence-electron chi connectivity index (χ4n) is 3.50. The average Bonchev–Trinajstić information content (AvgIpc) is 2.92. The molecule has 0 aliphatic carbocycles. The summed E-state index contributed by atoms with van der Waals surface area (Å²) in [6.45, 7) is 3.66. The van der Waals surface area contributed by atoms with E-state index in [1.165, 1.54) is 17.0 Å². The number of imide groups is 1. The minimum Gasteiger partial charge on any atom is -0.269 e. The molecule has 0 radical (unpaired) electrons. The normalized spacial score (nSPS) is 15.0. The number of carbonyl (C=O) groups is 2. The highest BCUT2D eigenvalue weighted by atomic mass is 19.1. The number of benzene rings is 2. The van der Waals surface area contributed by atoms with Gasteiger partial charge in [-0.2, -0.15) is 0 Å². The van der Waals surface area contributed by atoms with Gasteiger partial charge in [0.25, 0.3) is 11.8 Å². The highest BCUT2D eigenvalue weighted by Crippen LogP contribution is 2.33. The van der Waals surface area contributed by atoms with Crippen LogP contribution in [-0.2, 0) is 0 Å². The van der Waals surface area contributed by atoms with Crippen LogP contribution in [0.3, 0.4) is 0 Å². The fraction of sp³-hybridized carbons (Fsp3) is 0.136. The third kappa shape index (κ3) is 2.72. The standard InChI is InChI=1S/C22H17FN2O2/c1-3-6-19-18(11-14-9-10-15(23)12-20(14)24-19)13(2)25-21(26)16-7-4-5-8-17(16)22(25)27/h3-13H,1-2H3/b6-3-. The van der Waals surface area contributed by atoms with Crippen molar-refractivity contribution in [3.05, 3.63) is 82.8 Å². The molecule has 1 aliphatic heterocycles. The van der Waals surface area contributed by atoms with Crippen LogP contribution in [0, 0.1) is 5.82 Å². The zero-order chi connectivity index (χ0) is 19.1. The second-order valence-corrected chi connectivity index (χ2v) is 6.50. The van der Waals surface area contributed by atoms with Crippen LogP contribution in [0.25, 0.3) is 17.0 Å². The summed E-state index contributed by atoms with van der Waals surface area (Å²) >= 11 is 0. The molecule has 134 valence electrons. The predicted molar refractivity (Wildman–Crippen MR) is 102 cm³/mol. The van der Waals surface area contributed by atoms with Crippen LogP contribution in [0.15, 0.2) is 54.6 Å². The number of pyridine rings is 1. The number of hydrogen-bond acceptors (Lipinski definition) is 3. The number of allylic oxidation sites excluding steroid dienone is 1. The Bertz CT molecular complexity index is 1090. The van der Waals surface area contributed by atoms with Gasteiger partial charge in [0, 0.05) is 17.0 Å². The Labute approximate surface area is 155 Å². The highest BCUT2D eigenvalue weighted by molar-refractivity contribution is 6.21. The first-order valence-electron chi connectivity index (χ1n) is 8.71. The molecule has 0 saturated heterocycles. The van der Waals surface area contributed by atoms with Gasteiger partial charge in [-0.05, 0) is 50.3 Å². The number of amides is 2. The van der Waals surface area contributed by atoms with E-state index in [2.05, 4.69) is 4.98 Å². The average molecular weight is 360 g/mol. The summed E-state index contributed by atoms with van der Waals surface area (Å²) in [5, 5.41) is 0.753. The maximum atomic E-state index is 13.6. The minimum absolute atomic E-state index is 0.311. The van der Waals surface area contributed by atoms with Crippen molar-refractivity contribution in [2.75, 3.05) is 0 Å². The van der Waals surface area contributed by atoms with Gasteiger partial charge >= 0.3 is 0 Å². The first-order valence-corrected chi connectivity index (χ1v) is 8.71. The summed E-state index contributed by atoms with van der Waals surface area (Å²) in [4.78, 5) is 31.4. The molecule has 0 bridgehead atoms. The van der Waals surface area contributed by atoms with E-state index in [0.29, 0.717) is 22.3 Å². The summed E-state index contributed by atoms with van der Waals surface area (Å²) in [5.41, 5.74) is 2.71. The third-order valence-electron chi connectivity index (χ3n) is 4.83. The number of hydrogen-bond donors (Lipinski definition) is 0.